The van der Waals surface area contributed by atoms with E-state index in [0.29, 0.717) is 29.7 Å². The Morgan fingerprint density at radius 1 is 1.00 bits per heavy atom. The number of anilines is 1. The predicted molar refractivity (Wildman–Crippen MR) is 131 cm³/mol. The van der Waals surface area contributed by atoms with E-state index in [9.17, 15) is 13.2 Å². The predicted octanol–water partition coefficient (Wildman–Crippen LogP) is 3.94. The van der Waals surface area contributed by atoms with Gasteiger partial charge in [0.1, 0.15) is 19.0 Å². The highest BCUT2D eigenvalue weighted by molar-refractivity contribution is 7.92. The van der Waals surface area contributed by atoms with Gasteiger partial charge in [-0.1, -0.05) is 35.9 Å². The maximum Gasteiger partial charge on any atom is 0.264 e. The average Bonchev–Trinajstić information content (AvgIpc) is 2.88. The van der Waals surface area contributed by atoms with Crippen LogP contribution in [0.1, 0.15) is 18.5 Å². The fraction of sp³-hybridized carbons (Fsp3) is 0.240. The lowest BCUT2D eigenvalue weighted by Crippen LogP contribution is -2.51. The molecule has 0 aromatic heterocycles. The van der Waals surface area contributed by atoms with Crippen molar-refractivity contribution in [3.8, 4) is 17.2 Å². The highest BCUT2D eigenvalue weighted by Gasteiger charge is 2.38. The lowest BCUT2D eigenvalue weighted by Gasteiger charge is -2.35. The Balaban J connectivity index is 1.40. The maximum absolute atomic E-state index is 13.5. The van der Waals surface area contributed by atoms with Crippen molar-refractivity contribution in [2.24, 2.45) is 0 Å². The van der Waals surface area contributed by atoms with Crippen LogP contribution in [-0.2, 0) is 14.8 Å². The fourth-order valence-electron chi connectivity index (χ4n) is 4.03. The summed E-state index contributed by atoms with van der Waals surface area (Å²) in [5, 5.41) is 3.28. The average molecular weight is 515 g/mol. The van der Waals surface area contributed by atoms with E-state index in [1.165, 1.54) is 22.5 Å². The Bertz CT molecular complexity index is 1370. The molecule has 3 aromatic carbocycles. The molecule has 35 heavy (non-hydrogen) atoms. The molecule has 182 valence electrons. The third-order valence-electron chi connectivity index (χ3n) is 5.84. The van der Waals surface area contributed by atoms with Crippen LogP contribution in [0.4, 0.5) is 5.69 Å². The summed E-state index contributed by atoms with van der Waals surface area (Å²) in [6.45, 7) is 2.58. The minimum absolute atomic E-state index is 0.108. The SMILES string of the molecule is C[C@H](NC(=O)[C@H]1CN(S(=O)(=O)c2ccccc2)c2cc(Cl)ccc2O1)c1ccc2c(c1)OCCO2. The molecule has 8 nitrogen and oxygen atoms in total. The van der Waals surface area contributed by atoms with Crippen LogP contribution in [0, 0.1) is 0 Å². The summed E-state index contributed by atoms with van der Waals surface area (Å²) in [6.07, 6.45) is -1.07. The highest BCUT2D eigenvalue weighted by Crippen LogP contribution is 2.39. The molecule has 0 radical (unpaired) electrons. The van der Waals surface area contributed by atoms with Crippen molar-refractivity contribution in [2.75, 3.05) is 24.1 Å². The van der Waals surface area contributed by atoms with Gasteiger partial charge >= 0.3 is 0 Å². The van der Waals surface area contributed by atoms with Crippen LogP contribution in [0.15, 0.2) is 71.6 Å². The molecule has 0 bridgehead atoms. The number of carbonyl (C=O) groups is 1. The van der Waals surface area contributed by atoms with Crippen molar-refractivity contribution in [1.82, 2.24) is 5.32 Å². The van der Waals surface area contributed by atoms with E-state index in [1.807, 2.05) is 19.1 Å². The second-order valence-electron chi connectivity index (χ2n) is 8.20. The summed E-state index contributed by atoms with van der Waals surface area (Å²) in [5.74, 6) is 1.09. The Morgan fingerprint density at radius 3 is 2.49 bits per heavy atom. The molecule has 0 unspecified atom stereocenters. The minimum Gasteiger partial charge on any atom is -0.486 e. The number of halogens is 1. The first-order chi connectivity index (χ1) is 16.8. The van der Waals surface area contributed by atoms with Crippen molar-refractivity contribution >= 4 is 33.2 Å². The standard InChI is InChI=1S/C25H23ClN2O6S/c1-16(17-7-9-22-23(13-17)33-12-11-32-22)27-25(29)24-15-28(20-14-18(26)8-10-21(20)34-24)35(30,31)19-5-3-2-4-6-19/h2-10,13-14,16,24H,11-12,15H2,1H3,(H,27,29)/t16-,24+/m0/s1. The van der Waals surface area contributed by atoms with Crippen LogP contribution >= 0.6 is 11.6 Å². The Morgan fingerprint density at radius 2 is 1.71 bits per heavy atom. The van der Waals surface area contributed by atoms with E-state index in [4.69, 9.17) is 25.8 Å². The molecule has 0 saturated carbocycles. The molecule has 1 N–H and O–H groups in total. The molecular weight excluding hydrogens is 492 g/mol. The van der Waals surface area contributed by atoms with E-state index >= 15 is 0 Å². The largest absolute Gasteiger partial charge is 0.486 e. The zero-order chi connectivity index (χ0) is 24.6. The summed E-state index contributed by atoms with van der Waals surface area (Å²) in [7, 11) is -3.97. The first kappa shape index (κ1) is 23.3. The first-order valence-electron chi connectivity index (χ1n) is 11.1. The third kappa shape index (κ3) is 4.61. The third-order valence-corrected chi connectivity index (χ3v) is 7.87. The summed E-state index contributed by atoms with van der Waals surface area (Å²) in [6, 6.07) is 17.8. The minimum atomic E-state index is -3.97. The summed E-state index contributed by atoms with van der Waals surface area (Å²) >= 11 is 6.15. The van der Waals surface area contributed by atoms with Crippen LogP contribution in [0.5, 0.6) is 17.2 Å². The normalized spacial score (nSPS) is 17.7. The number of nitrogens with one attached hydrogen (secondary N) is 1. The van der Waals surface area contributed by atoms with Crippen molar-refractivity contribution in [3.05, 3.63) is 77.3 Å². The maximum atomic E-state index is 13.5. The van der Waals surface area contributed by atoms with Crippen LogP contribution < -0.4 is 23.8 Å². The van der Waals surface area contributed by atoms with Crippen LogP contribution in [-0.4, -0.2) is 40.2 Å². The van der Waals surface area contributed by atoms with E-state index in [-0.39, 0.29) is 28.9 Å². The van der Waals surface area contributed by atoms with Gasteiger partial charge < -0.3 is 19.5 Å². The van der Waals surface area contributed by atoms with E-state index in [1.54, 1.807) is 36.4 Å². The first-order valence-corrected chi connectivity index (χ1v) is 12.9. The summed E-state index contributed by atoms with van der Waals surface area (Å²) in [5.41, 5.74) is 1.10. The number of carbonyl (C=O) groups excluding carboxylic acids is 1. The molecule has 0 saturated heterocycles. The van der Waals surface area contributed by atoms with Gasteiger partial charge in [0.25, 0.3) is 15.9 Å². The highest BCUT2D eigenvalue weighted by atomic mass is 35.5. The van der Waals surface area contributed by atoms with Crippen molar-refractivity contribution in [2.45, 2.75) is 24.0 Å². The monoisotopic (exact) mass is 514 g/mol. The molecule has 2 atom stereocenters. The molecule has 2 heterocycles. The Kier molecular flexibility index (Phi) is 6.21. The van der Waals surface area contributed by atoms with Gasteiger partial charge in [-0.3, -0.25) is 9.10 Å². The van der Waals surface area contributed by atoms with Crippen LogP contribution in [0.2, 0.25) is 5.02 Å². The molecule has 0 spiro atoms. The quantitative estimate of drug-likeness (QED) is 0.554. The van der Waals surface area contributed by atoms with Gasteiger partial charge in [0.15, 0.2) is 17.6 Å². The number of benzene rings is 3. The van der Waals surface area contributed by atoms with E-state index in [2.05, 4.69) is 5.32 Å². The number of sulfonamides is 1. The summed E-state index contributed by atoms with van der Waals surface area (Å²) in [4.78, 5) is 13.3. The van der Waals surface area contributed by atoms with Crippen LogP contribution in [0.25, 0.3) is 0 Å². The van der Waals surface area contributed by atoms with Gasteiger partial charge in [-0.05, 0) is 55.0 Å². The number of ether oxygens (including phenoxy) is 3. The molecule has 1 amide bonds. The number of fused-ring (bicyclic) bond motifs is 2. The Hall–Kier alpha value is -3.43. The van der Waals surface area contributed by atoms with Gasteiger partial charge in [0, 0.05) is 5.02 Å². The van der Waals surface area contributed by atoms with Gasteiger partial charge in [0.2, 0.25) is 0 Å². The zero-order valence-corrected chi connectivity index (χ0v) is 20.4. The fourth-order valence-corrected chi connectivity index (χ4v) is 5.68. The lowest BCUT2D eigenvalue weighted by atomic mass is 10.1. The van der Waals surface area contributed by atoms with Crippen LogP contribution in [0.3, 0.4) is 0 Å². The van der Waals surface area contributed by atoms with Crippen molar-refractivity contribution < 1.29 is 27.4 Å². The van der Waals surface area contributed by atoms with Crippen molar-refractivity contribution in [1.29, 1.82) is 0 Å². The zero-order valence-electron chi connectivity index (χ0n) is 18.8. The molecule has 2 aliphatic rings. The van der Waals surface area contributed by atoms with Gasteiger partial charge in [-0.15, -0.1) is 0 Å². The number of rotatable bonds is 5. The lowest BCUT2D eigenvalue weighted by molar-refractivity contribution is -0.128. The van der Waals surface area contributed by atoms with Gasteiger partial charge in [0.05, 0.1) is 23.2 Å². The second kappa shape index (κ2) is 9.31. The molecule has 10 heteroatoms. The smallest absolute Gasteiger partial charge is 0.264 e. The number of amides is 1. The number of hydrogen-bond acceptors (Lipinski definition) is 6. The van der Waals surface area contributed by atoms with E-state index < -0.39 is 22.0 Å². The molecular formula is C25H23ClN2O6S. The number of hydrogen-bond donors (Lipinski definition) is 1. The summed E-state index contributed by atoms with van der Waals surface area (Å²) < 4.78 is 45.2. The van der Waals surface area contributed by atoms with Gasteiger partial charge in [-0.2, -0.15) is 0 Å². The molecule has 3 aromatic rings. The number of nitrogens with zero attached hydrogens (tertiary/aromatic N) is 1. The van der Waals surface area contributed by atoms with Crippen molar-refractivity contribution in [3.63, 3.8) is 0 Å². The second-order valence-corrected chi connectivity index (χ2v) is 10.5. The molecule has 2 aliphatic heterocycles. The van der Waals surface area contributed by atoms with Gasteiger partial charge in [-0.25, -0.2) is 8.42 Å². The molecule has 0 aliphatic carbocycles. The molecule has 0 fully saturated rings. The Labute approximate surface area is 208 Å². The van der Waals surface area contributed by atoms with E-state index in [0.717, 1.165) is 5.56 Å². The topological polar surface area (TPSA) is 94.2 Å². The molecule has 5 rings (SSSR count).